The molecule has 2 fully saturated rings. The molecule has 0 radical (unpaired) electrons. The van der Waals surface area contributed by atoms with Crippen LogP contribution in [0.2, 0.25) is 0 Å². The molecule has 0 bridgehead atoms. The van der Waals surface area contributed by atoms with Crippen LogP contribution in [0.15, 0.2) is 72.1 Å². The van der Waals surface area contributed by atoms with Gasteiger partial charge in [-0.3, -0.25) is 9.59 Å². The smallest absolute Gasteiger partial charge is 0.244 e. The number of nitrogens with zero attached hydrogens (tertiary/aromatic N) is 1. The molecule has 3 unspecified atom stereocenters. The summed E-state index contributed by atoms with van der Waals surface area (Å²) in [6, 6.07) is 15.9. The summed E-state index contributed by atoms with van der Waals surface area (Å²) >= 11 is 0. The molecule has 1 saturated carbocycles. The van der Waals surface area contributed by atoms with Gasteiger partial charge in [-0.2, -0.15) is 4.31 Å². The molecule has 1 aliphatic carbocycles. The third-order valence-electron chi connectivity index (χ3n) is 7.15. The highest BCUT2D eigenvalue weighted by Gasteiger charge is 2.57. The van der Waals surface area contributed by atoms with Crippen LogP contribution >= 0.6 is 0 Å². The number of hydrogen-bond donors (Lipinski definition) is 2. The first-order chi connectivity index (χ1) is 16.4. The Morgan fingerprint density at radius 2 is 1.66 bits per heavy atom. The van der Waals surface area contributed by atoms with Crippen LogP contribution in [0.3, 0.4) is 0 Å². The Hall–Kier alpha value is -2.97. The van der Waals surface area contributed by atoms with Gasteiger partial charge < -0.3 is 10.6 Å². The normalized spacial score (nSPS) is 25.0. The SMILES string of the molecule is C=CC(=O)NC1CC(C)(C)N(S(=O)(=O)c2ccc(NC(=O)C3CC3c3ccccc3)cc2)C1(C)C. The van der Waals surface area contributed by atoms with Crippen LogP contribution in [0.25, 0.3) is 0 Å². The lowest BCUT2D eigenvalue weighted by molar-refractivity contribution is -0.118. The molecule has 7 nitrogen and oxygen atoms in total. The Morgan fingerprint density at radius 3 is 2.26 bits per heavy atom. The topological polar surface area (TPSA) is 95.6 Å². The fraction of sp³-hybridized carbons (Fsp3) is 0.407. The summed E-state index contributed by atoms with van der Waals surface area (Å²) in [5.41, 5.74) is 0.148. The van der Waals surface area contributed by atoms with Crippen molar-refractivity contribution < 1.29 is 18.0 Å². The second kappa shape index (κ2) is 8.91. The molecule has 2 aromatic rings. The van der Waals surface area contributed by atoms with Crippen LogP contribution in [0.1, 0.15) is 52.0 Å². The summed E-state index contributed by atoms with van der Waals surface area (Å²) in [6.07, 6.45) is 2.47. The monoisotopic (exact) mass is 495 g/mol. The number of sulfonamides is 1. The lowest BCUT2D eigenvalue weighted by Crippen LogP contribution is -2.56. The van der Waals surface area contributed by atoms with E-state index in [1.807, 2.05) is 58.0 Å². The molecule has 186 valence electrons. The maximum Gasteiger partial charge on any atom is 0.244 e. The van der Waals surface area contributed by atoms with E-state index in [0.29, 0.717) is 12.1 Å². The Labute approximate surface area is 207 Å². The summed E-state index contributed by atoms with van der Waals surface area (Å²) in [4.78, 5) is 24.8. The van der Waals surface area contributed by atoms with E-state index in [1.165, 1.54) is 22.5 Å². The van der Waals surface area contributed by atoms with Crippen molar-refractivity contribution in [1.29, 1.82) is 0 Å². The van der Waals surface area contributed by atoms with Crippen molar-refractivity contribution in [3.05, 3.63) is 72.8 Å². The van der Waals surface area contributed by atoms with Crippen molar-refractivity contribution >= 4 is 27.5 Å². The summed E-state index contributed by atoms with van der Waals surface area (Å²) in [7, 11) is -3.88. The van der Waals surface area contributed by atoms with Gasteiger partial charge in [0, 0.05) is 23.2 Å². The van der Waals surface area contributed by atoms with Gasteiger partial charge in [0.1, 0.15) is 0 Å². The molecule has 0 spiro atoms. The molecule has 2 amide bonds. The molecule has 2 aromatic carbocycles. The third kappa shape index (κ3) is 4.77. The molecule has 1 saturated heterocycles. The van der Waals surface area contributed by atoms with Gasteiger partial charge in [-0.1, -0.05) is 36.9 Å². The molecular weight excluding hydrogens is 462 g/mol. The Balaban J connectivity index is 1.49. The minimum absolute atomic E-state index is 0.0583. The fourth-order valence-electron chi connectivity index (χ4n) is 5.45. The molecule has 0 aromatic heterocycles. The quantitative estimate of drug-likeness (QED) is 0.567. The molecule has 2 aliphatic rings. The Kier molecular flexibility index (Phi) is 6.40. The van der Waals surface area contributed by atoms with Crippen molar-refractivity contribution in [1.82, 2.24) is 9.62 Å². The maximum absolute atomic E-state index is 13.7. The second-order valence-corrected chi connectivity index (χ2v) is 12.4. The van der Waals surface area contributed by atoms with Gasteiger partial charge in [0.15, 0.2) is 0 Å². The van der Waals surface area contributed by atoms with E-state index in [2.05, 4.69) is 17.2 Å². The van der Waals surface area contributed by atoms with Crippen LogP contribution in [0.5, 0.6) is 0 Å². The Morgan fingerprint density at radius 1 is 1.03 bits per heavy atom. The summed E-state index contributed by atoms with van der Waals surface area (Å²) in [5, 5.41) is 5.80. The lowest BCUT2D eigenvalue weighted by Gasteiger charge is -2.40. The van der Waals surface area contributed by atoms with E-state index in [0.717, 1.165) is 12.0 Å². The van der Waals surface area contributed by atoms with Crippen LogP contribution in [0, 0.1) is 5.92 Å². The standard InChI is InChI=1S/C27H33N3O4S/c1-6-24(31)29-23-17-26(2,3)30(27(23,4)5)35(33,34)20-14-12-19(13-15-20)28-25(32)22-16-21(22)18-10-8-7-9-11-18/h6-15,21-23H,1,16-17H2,2-5H3,(H,28,32)(H,29,31). The van der Waals surface area contributed by atoms with Crippen molar-refractivity contribution in [3.8, 4) is 0 Å². The van der Waals surface area contributed by atoms with Gasteiger partial charge in [0.2, 0.25) is 21.8 Å². The van der Waals surface area contributed by atoms with Crippen molar-refractivity contribution in [2.45, 2.75) is 68.5 Å². The van der Waals surface area contributed by atoms with Crippen LogP contribution in [-0.4, -0.2) is 41.7 Å². The van der Waals surface area contributed by atoms with Gasteiger partial charge >= 0.3 is 0 Å². The molecule has 1 aliphatic heterocycles. The predicted molar refractivity (Wildman–Crippen MR) is 136 cm³/mol. The average molecular weight is 496 g/mol. The van der Waals surface area contributed by atoms with E-state index < -0.39 is 21.1 Å². The highest BCUT2D eigenvalue weighted by atomic mass is 32.2. The minimum atomic E-state index is -3.88. The van der Waals surface area contributed by atoms with E-state index in [1.54, 1.807) is 12.1 Å². The number of anilines is 1. The average Bonchev–Trinajstić information content (AvgIpc) is 3.56. The molecular formula is C27H33N3O4S. The first-order valence-electron chi connectivity index (χ1n) is 11.8. The van der Waals surface area contributed by atoms with E-state index in [4.69, 9.17) is 0 Å². The number of nitrogens with one attached hydrogen (secondary N) is 2. The number of benzene rings is 2. The summed E-state index contributed by atoms with van der Waals surface area (Å²) < 4.78 is 28.9. The van der Waals surface area contributed by atoms with Crippen molar-refractivity contribution in [2.24, 2.45) is 5.92 Å². The van der Waals surface area contributed by atoms with Crippen LogP contribution in [0.4, 0.5) is 5.69 Å². The van der Waals surface area contributed by atoms with E-state index >= 15 is 0 Å². The van der Waals surface area contributed by atoms with Crippen LogP contribution < -0.4 is 10.6 Å². The maximum atomic E-state index is 13.7. The zero-order valence-corrected chi connectivity index (χ0v) is 21.4. The first kappa shape index (κ1) is 25.1. The first-order valence-corrected chi connectivity index (χ1v) is 13.3. The zero-order valence-electron chi connectivity index (χ0n) is 20.6. The predicted octanol–water partition coefficient (Wildman–Crippen LogP) is 4.05. The minimum Gasteiger partial charge on any atom is -0.348 e. The van der Waals surface area contributed by atoms with Crippen LogP contribution in [-0.2, 0) is 19.6 Å². The van der Waals surface area contributed by atoms with Gasteiger partial charge in [-0.25, -0.2) is 8.42 Å². The second-order valence-electron chi connectivity index (χ2n) is 10.6. The number of hydrogen-bond acceptors (Lipinski definition) is 4. The van der Waals surface area contributed by atoms with E-state index in [9.17, 15) is 18.0 Å². The van der Waals surface area contributed by atoms with Crippen molar-refractivity contribution in [2.75, 3.05) is 5.32 Å². The molecule has 35 heavy (non-hydrogen) atoms. The number of rotatable bonds is 7. The number of carbonyl (C=O) groups is 2. The van der Waals surface area contributed by atoms with E-state index in [-0.39, 0.29) is 34.6 Å². The zero-order chi connectivity index (χ0) is 25.6. The molecule has 8 heteroatoms. The lowest BCUT2D eigenvalue weighted by atomic mass is 9.94. The van der Waals surface area contributed by atoms with Gasteiger partial charge in [0.25, 0.3) is 0 Å². The van der Waals surface area contributed by atoms with Gasteiger partial charge in [-0.15, -0.1) is 0 Å². The summed E-state index contributed by atoms with van der Waals surface area (Å²) in [5.74, 6) is -0.236. The highest BCUT2D eigenvalue weighted by Crippen LogP contribution is 2.48. The van der Waals surface area contributed by atoms with Gasteiger partial charge in [0.05, 0.1) is 10.4 Å². The third-order valence-corrected chi connectivity index (χ3v) is 9.46. The molecule has 3 atom stereocenters. The Bertz CT molecular complexity index is 1240. The number of carbonyl (C=O) groups excluding carboxylic acids is 2. The number of amides is 2. The highest BCUT2D eigenvalue weighted by molar-refractivity contribution is 7.89. The molecule has 2 N–H and O–H groups in total. The molecule has 4 rings (SSSR count). The fourth-order valence-corrected chi connectivity index (χ4v) is 7.61. The van der Waals surface area contributed by atoms with Gasteiger partial charge in [-0.05, 0) is 82.4 Å². The summed E-state index contributed by atoms with van der Waals surface area (Å²) in [6.45, 7) is 10.9. The largest absolute Gasteiger partial charge is 0.348 e. The molecule has 1 heterocycles. The van der Waals surface area contributed by atoms with Crippen molar-refractivity contribution in [3.63, 3.8) is 0 Å².